The van der Waals surface area contributed by atoms with Gasteiger partial charge < -0.3 is 14.7 Å². The van der Waals surface area contributed by atoms with Crippen LogP contribution in [0.3, 0.4) is 0 Å². The first-order valence-electron chi connectivity index (χ1n) is 14.2. The van der Waals surface area contributed by atoms with Crippen molar-refractivity contribution >= 4 is 28.6 Å². The van der Waals surface area contributed by atoms with Gasteiger partial charge in [0.05, 0.1) is 35.8 Å². The van der Waals surface area contributed by atoms with Crippen molar-refractivity contribution < 1.29 is 4.79 Å². The van der Waals surface area contributed by atoms with E-state index in [1.54, 1.807) is 11.1 Å². The lowest BCUT2D eigenvalue weighted by Crippen LogP contribution is -2.60. The fraction of sp³-hybridized carbons (Fsp3) is 0.467. The second-order valence-electron chi connectivity index (χ2n) is 10.7. The highest BCUT2D eigenvalue weighted by atomic mass is 16.2. The Morgan fingerprint density at radius 2 is 1.90 bits per heavy atom. The molecular weight excluding hydrogens is 518 g/mol. The number of carbonyl (C=O) groups is 1. The van der Waals surface area contributed by atoms with Crippen molar-refractivity contribution in [2.45, 2.75) is 46.2 Å². The molecule has 0 radical (unpaired) electrons. The number of aryl methyl sites for hydroxylation is 1. The second-order valence-corrected chi connectivity index (χ2v) is 10.7. The first-order chi connectivity index (χ1) is 19.8. The van der Waals surface area contributed by atoms with Gasteiger partial charge in [-0.05, 0) is 50.2 Å². The van der Waals surface area contributed by atoms with Crippen LogP contribution in [0.5, 0.6) is 0 Å². The number of hydrogen-bond donors (Lipinski definition) is 0. The van der Waals surface area contributed by atoms with Gasteiger partial charge in [0.25, 0.3) is 5.56 Å². The van der Waals surface area contributed by atoms with Crippen LogP contribution in [0.1, 0.15) is 31.4 Å². The number of amides is 1. The highest BCUT2D eigenvalue weighted by Gasteiger charge is 2.35. The molecule has 2 aliphatic heterocycles. The van der Waals surface area contributed by atoms with E-state index in [1.807, 2.05) is 36.9 Å². The summed E-state index contributed by atoms with van der Waals surface area (Å²) in [5.41, 5.74) is 2.75. The fourth-order valence-corrected chi connectivity index (χ4v) is 5.84. The van der Waals surface area contributed by atoms with Crippen LogP contribution in [-0.2, 0) is 4.79 Å². The molecule has 0 spiro atoms. The molecule has 41 heavy (non-hydrogen) atoms. The smallest absolute Gasteiger partial charge is 0.298 e. The molecule has 11 heteroatoms. The lowest BCUT2D eigenvalue weighted by Gasteiger charge is -2.45. The molecule has 0 unspecified atom stereocenters. The van der Waals surface area contributed by atoms with E-state index in [2.05, 4.69) is 41.4 Å². The first-order valence-corrected chi connectivity index (χ1v) is 14.2. The third kappa shape index (κ3) is 5.15. The Hall–Kier alpha value is -4.30. The highest BCUT2D eigenvalue weighted by molar-refractivity contribution is 5.90. The molecule has 1 aromatic carbocycles. The van der Waals surface area contributed by atoms with E-state index in [9.17, 15) is 14.9 Å². The van der Waals surface area contributed by atoms with Crippen molar-refractivity contribution in [2.24, 2.45) is 0 Å². The van der Waals surface area contributed by atoms with E-state index in [4.69, 9.17) is 9.97 Å². The molecule has 1 atom stereocenters. The van der Waals surface area contributed by atoms with E-state index < -0.39 is 0 Å². The number of nitriles is 1. The van der Waals surface area contributed by atoms with Gasteiger partial charge in [-0.25, -0.2) is 4.98 Å². The number of anilines is 2. The molecule has 11 nitrogen and oxygen atoms in total. The van der Waals surface area contributed by atoms with E-state index in [-0.39, 0.29) is 23.9 Å². The minimum atomic E-state index is -0.327. The number of benzene rings is 1. The van der Waals surface area contributed by atoms with E-state index in [0.717, 1.165) is 43.0 Å². The fourth-order valence-electron chi connectivity index (χ4n) is 5.84. The lowest BCUT2D eigenvalue weighted by molar-refractivity contribution is -0.128. The van der Waals surface area contributed by atoms with Gasteiger partial charge in [0.2, 0.25) is 11.9 Å². The molecule has 2 aliphatic rings. The quantitative estimate of drug-likeness (QED) is 0.387. The maximum Gasteiger partial charge on any atom is 0.298 e. The summed E-state index contributed by atoms with van der Waals surface area (Å²) in [5.74, 6) is 0.912. The Balaban J connectivity index is 1.60. The molecular formula is C30H37N9O2. The molecule has 2 aromatic heterocycles. The summed E-state index contributed by atoms with van der Waals surface area (Å²) < 4.78 is 1.42. The first kappa shape index (κ1) is 28.2. The van der Waals surface area contributed by atoms with Gasteiger partial charge in [-0.1, -0.05) is 32.6 Å². The van der Waals surface area contributed by atoms with Crippen LogP contribution in [-0.4, -0.2) is 93.4 Å². The summed E-state index contributed by atoms with van der Waals surface area (Å²) in [6.45, 7) is 16.7. The molecule has 0 N–H and O–H groups in total. The number of fused-ring (bicyclic) bond motifs is 1. The van der Waals surface area contributed by atoms with Crippen molar-refractivity contribution in [1.82, 2.24) is 29.5 Å². The summed E-state index contributed by atoms with van der Waals surface area (Å²) in [7, 11) is 0. The Bertz CT molecular complexity index is 1570. The Morgan fingerprint density at radius 1 is 1.15 bits per heavy atom. The third-order valence-electron chi connectivity index (χ3n) is 8.46. The normalized spacial score (nSPS) is 17.6. The zero-order chi connectivity index (χ0) is 29.3. The van der Waals surface area contributed by atoms with Gasteiger partial charge in [0.1, 0.15) is 11.3 Å². The van der Waals surface area contributed by atoms with Gasteiger partial charge in [-0.2, -0.15) is 20.0 Å². The van der Waals surface area contributed by atoms with Crippen LogP contribution in [0.15, 0.2) is 41.8 Å². The maximum absolute atomic E-state index is 14.0. The molecule has 0 saturated carbocycles. The number of carbonyl (C=O) groups excluding carboxylic acids is 1. The van der Waals surface area contributed by atoms with Crippen LogP contribution >= 0.6 is 0 Å². The Kier molecular flexibility index (Phi) is 8.03. The minimum Gasteiger partial charge on any atom is -0.352 e. The van der Waals surface area contributed by atoms with Gasteiger partial charge in [0, 0.05) is 38.8 Å². The molecule has 214 valence electrons. The minimum absolute atomic E-state index is 0.182. The summed E-state index contributed by atoms with van der Waals surface area (Å²) in [6, 6.07) is 8.10. The SMILES string of the molecule is C=CC(=O)N1CCN(c2nc(N3CC(N(CC)CC)C3)nc3c(=O)n(-c4cccc(C)c4C)ncc23)C[C@@H]1CC#N. The Labute approximate surface area is 240 Å². The maximum atomic E-state index is 14.0. The zero-order valence-electron chi connectivity index (χ0n) is 24.2. The topological polar surface area (TPSA) is 114 Å². The van der Waals surface area contributed by atoms with Crippen LogP contribution in [0.25, 0.3) is 16.6 Å². The van der Waals surface area contributed by atoms with E-state index in [0.29, 0.717) is 48.3 Å². The highest BCUT2D eigenvalue weighted by Crippen LogP contribution is 2.30. The number of rotatable bonds is 8. The number of nitrogens with zero attached hydrogens (tertiary/aromatic N) is 9. The second kappa shape index (κ2) is 11.7. The average Bonchev–Trinajstić information content (AvgIpc) is 2.96. The van der Waals surface area contributed by atoms with Crippen LogP contribution in [0, 0.1) is 25.2 Å². The molecule has 3 aromatic rings. The van der Waals surface area contributed by atoms with Gasteiger partial charge in [-0.3, -0.25) is 14.5 Å². The number of aromatic nitrogens is 4. The standard InChI is InChI=1S/C30H37N9O2/c1-6-26(40)38-15-14-36(17-22(38)12-13-31)28-24-16-32-39(25-11-9-10-20(4)21(25)5)29(41)27(24)33-30(34-28)37-18-23(19-37)35(7-2)8-3/h6,9-11,16,22-23H,1,7-8,12,14-15,17-19H2,2-5H3/t22-/m0/s1. The molecule has 5 rings (SSSR count). The monoisotopic (exact) mass is 555 g/mol. The number of piperazine rings is 1. The van der Waals surface area contributed by atoms with Gasteiger partial charge in [0.15, 0.2) is 0 Å². The van der Waals surface area contributed by atoms with Crippen molar-refractivity contribution in [3.63, 3.8) is 0 Å². The van der Waals surface area contributed by atoms with Crippen LogP contribution < -0.4 is 15.4 Å². The largest absolute Gasteiger partial charge is 0.352 e. The van der Waals surface area contributed by atoms with Crippen molar-refractivity contribution in [3.8, 4) is 11.8 Å². The molecule has 0 aliphatic carbocycles. The molecule has 2 saturated heterocycles. The summed E-state index contributed by atoms with van der Waals surface area (Å²) in [6.07, 6.45) is 3.13. The molecule has 4 heterocycles. The van der Waals surface area contributed by atoms with Crippen molar-refractivity contribution in [1.29, 1.82) is 5.26 Å². The van der Waals surface area contributed by atoms with Crippen LogP contribution in [0.4, 0.5) is 11.8 Å². The summed E-state index contributed by atoms with van der Waals surface area (Å²) >= 11 is 0. The van der Waals surface area contributed by atoms with E-state index in [1.165, 1.54) is 10.8 Å². The lowest BCUT2D eigenvalue weighted by atomic mass is 10.1. The van der Waals surface area contributed by atoms with Gasteiger partial charge in [-0.15, -0.1) is 0 Å². The van der Waals surface area contributed by atoms with Crippen LogP contribution in [0.2, 0.25) is 0 Å². The van der Waals surface area contributed by atoms with Crippen molar-refractivity contribution in [3.05, 3.63) is 58.5 Å². The Morgan fingerprint density at radius 3 is 2.59 bits per heavy atom. The van der Waals surface area contributed by atoms with E-state index >= 15 is 0 Å². The molecule has 2 fully saturated rings. The predicted molar refractivity (Wildman–Crippen MR) is 159 cm³/mol. The van der Waals surface area contributed by atoms with Gasteiger partial charge >= 0.3 is 0 Å². The van der Waals surface area contributed by atoms with Crippen molar-refractivity contribution in [2.75, 3.05) is 55.6 Å². The number of hydrogen-bond acceptors (Lipinski definition) is 9. The molecule has 0 bridgehead atoms. The molecule has 1 amide bonds. The average molecular weight is 556 g/mol. The zero-order valence-corrected chi connectivity index (χ0v) is 24.2. The number of likely N-dealkylation sites (N-methyl/N-ethyl adjacent to an activating group) is 1. The summed E-state index contributed by atoms with van der Waals surface area (Å²) in [5, 5.41) is 14.6. The summed E-state index contributed by atoms with van der Waals surface area (Å²) in [4.78, 5) is 44.5. The third-order valence-corrected chi connectivity index (χ3v) is 8.46. The predicted octanol–water partition coefficient (Wildman–Crippen LogP) is 2.44.